The molecule has 0 bridgehead atoms. The number of carboxylic acid groups (broad SMARTS) is 1. The smallest absolute Gasteiger partial charge is 0.321 e. The van der Waals surface area contributed by atoms with Crippen molar-refractivity contribution in [3.05, 3.63) is 23.4 Å². The zero-order valence-corrected chi connectivity index (χ0v) is 12.6. The van der Waals surface area contributed by atoms with Crippen molar-refractivity contribution in [3.63, 3.8) is 0 Å². The maximum Gasteiger partial charge on any atom is 0.321 e. The third-order valence-corrected chi connectivity index (χ3v) is 4.84. The molecular weight excluding hydrogens is 292 g/mol. The van der Waals surface area contributed by atoms with Gasteiger partial charge in [-0.05, 0) is 25.8 Å². The molecular formula is C14H18N2O4S. The Morgan fingerprint density at radius 3 is 2.76 bits per heavy atom. The molecule has 1 fully saturated rings. The minimum Gasteiger partial charge on any atom is -0.480 e. The molecule has 21 heavy (non-hydrogen) atoms. The number of allylic oxidation sites excluding steroid dienone is 4. The third-order valence-electron chi connectivity index (χ3n) is 3.52. The third kappa shape index (κ3) is 3.54. The van der Waals surface area contributed by atoms with Crippen LogP contribution in [-0.2, 0) is 14.4 Å². The molecule has 0 aromatic heterocycles. The van der Waals surface area contributed by atoms with E-state index in [0.29, 0.717) is 6.42 Å². The Balaban J connectivity index is 2.02. The van der Waals surface area contributed by atoms with Gasteiger partial charge in [-0.25, -0.2) is 0 Å². The van der Waals surface area contributed by atoms with Crippen molar-refractivity contribution >= 4 is 29.5 Å². The first-order valence-electron chi connectivity index (χ1n) is 6.73. The van der Waals surface area contributed by atoms with Crippen LogP contribution in [0.1, 0.15) is 26.2 Å². The van der Waals surface area contributed by atoms with Crippen LogP contribution < -0.4 is 5.73 Å². The van der Waals surface area contributed by atoms with Gasteiger partial charge >= 0.3 is 5.97 Å². The Morgan fingerprint density at radius 2 is 2.19 bits per heavy atom. The van der Waals surface area contributed by atoms with Crippen LogP contribution in [0.5, 0.6) is 0 Å². The minimum atomic E-state index is -1.10. The molecule has 2 atom stereocenters. The number of rotatable bonds is 5. The predicted octanol–water partition coefficient (Wildman–Crippen LogP) is 0.883. The molecule has 1 heterocycles. The maximum absolute atomic E-state index is 12.3. The number of nitrogens with two attached hydrogens (primary N) is 1. The molecule has 0 radical (unpaired) electrons. The SMILES string of the molecule is CC1=CC=C(N2C(=O)CC(SCC(N)C(=O)O)C2=O)CC1. The van der Waals surface area contributed by atoms with Crippen molar-refractivity contribution in [2.24, 2.45) is 5.73 Å². The van der Waals surface area contributed by atoms with Crippen LogP contribution in [0.25, 0.3) is 0 Å². The highest BCUT2D eigenvalue weighted by Gasteiger charge is 2.41. The largest absolute Gasteiger partial charge is 0.480 e. The monoisotopic (exact) mass is 310 g/mol. The van der Waals surface area contributed by atoms with E-state index in [9.17, 15) is 14.4 Å². The highest BCUT2D eigenvalue weighted by atomic mass is 32.2. The zero-order chi connectivity index (χ0) is 15.6. The highest BCUT2D eigenvalue weighted by Crippen LogP contribution is 2.31. The second-order valence-electron chi connectivity index (χ2n) is 5.21. The van der Waals surface area contributed by atoms with Crippen LogP contribution >= 0.6 is 11.8 Å². The Morgan fingerprint density at radius 1 is 1.48 bits per heavy atom. The van der Waals surface area contributed by atoms with Crippen LogP contribution in [0, 0.1) is 0 Å². The van der Waals surface area contributed by atoms with E-state index >= 15 is 0 Å². The Labute approximate surface area is 127 Å². The molecule has 0 spiro atoms. The van der Waals surface area contributed by atoms with Crippen molar-refractivity contribution in [1.29, 1.82) is 0 Å². The molecule has 114 valence electrons. The van der Waals surface area contributed by atoms with E-state index in [0.717, 1.165) is 23.9 Å². The number of carboxylic acids is 1. The van der Waals surface area contributed by atoms with Gasteiger partial charge in [0.05, 0.1) is 5.25 Å². The molecule has 2 amide bonds. The van der Waals surface area contributed by atoms with Crippen molar-refractivity contribution < 1.29 is 19.5 Å². The normalized spacial score (nSPS) is 23.9. The summed E-state index contributed by atoms with van der Waals surface area (Å²) in [6.45, 7) is 2.01. The fraction of sp³-hybridized carbons (Fsp3) is 0.500. The number of likely N-dealkylation sites (tertiary alicyclic amines) is 1. The molecule has 2 unspecified atom stereocenters. The number of imide groups is 1. The van der Waals surface area contributed by atoms with Crippen molar-refractivity contribution in [2.75, 3.05) is 5.75 Å². The van der Waals surface area contributed by atoms with E-state index < -0.39 is 17.3 Å². The molecule has 2 rings (SSSR count). The lowest BCUT2D eigenvalue weighted by Gasteiger charge is -2.21. The van der Waals surface area contributed by atoms with Gasteiger partial charge in [-0.1, -0.05) is 11.6 Å². The Hall–Kier alpha value is -1.60. The van der Waals surface area contributed by atoms with Gasteiger partial charge in [0.1, 0.15) is 6.04 Å². The minimum absolute atomic E-state index is 0.107. The summed E-state index contributed by atoms with van der Waals surface area (Å²) in [5.74, 6) is -1.47. The standard InChI is InChI=1S/C14H18N2O4S/c1-8-2-4-9(5-3-8)16-12(17)6-11(13(16)18)21-7-10(15)14(19)20/h2,4,10-11H,3,5-7,15H2,1H3,(H,19,20). The topological polar surface area (TPSA) is 101 Å². The number of carbonyl (C=O) groups excluding carboxylic acids is 2. The number of carbonyl (C=O) groups is 3. The van der Waals surface area contributed by atoms with Gasteiger partial charge in [0.25, 0.3) is 0 Å². The number of hydrogen-bond acceptors (Lipinski definition) is 5. The molecule has 0 aromatic rings. The fourth-order valence-corrected chi connectivity index (χ4v) is 3.33. The number of aliphatic carboxylic acids is 1. The van der Waals surface area contributed by atoms with Crippen LogP contribution in [0.15, 0.2) is 23.4 Å². The molecule has 0 saturated carbocycles. The average molecular weight is 310 g/mol. The van der Waals surface area contributed by atoms with Crippen LogP contribution in [-0.4, -0.2) is 44.8 Å². The second kappa shape index (κ2) is 6.44. The summed E-state index contributed by atoms with van der Waals surface area (Å²) in [7, 11) is 0. The van der Waals surface area contributed by atoms with Crippen molar-refractivity contribution in [1.82, 2.24) is 4.90 Å². The molecule has 1 saturated heterocycles. The summed E-state index contributed by atoms with van der Waals surface area (Å²) >= 11 is 1.14. The number of hydrogen-bond donors (Lipinski definition) is 2. The van der Waals surface area contributed by atoms with Crippen LogP contribution in [0.3, 0.4) is 0 Å². The summed E-state index contributed by atoms with van der Waals surface area (Å²) in [5, 5.41) is 8.21. The lowest BCUT2D eigenvalue weighted by atomic mass is 10.0. The summed E-state index contributed by atoms with van der Waals surface area (Å²) in [6, 6.07) is -1.02. The number of amides is 2. The lowest BCUT2D eigenvalue weighted by molar-refractivity contribution is -0.138. The number of thioether (sulfide) groups is 1. The predicted molar refractivity (Wildman–Crippen MR) is 79.4 cm³/mol. The second-order valence-corrected chi connectivity index (χ2v) is 6.44. The molecule has 3 N–H and O–H groups in total. The van der Waals surface area contributed by atoms with E-state index in [-0.39, 0.29) is 24.0 Å². The Kier molecular flexibility index (Phi) is 4.84. The fourth-order valence-electron chi connectivity index (χ4n) is 2.24. The summed E-state index contributed by atoms with van der Waals surface area (Å²) in [4.78, 5) is 36.3. The first kappa shape index (κ1) is 15.8. The van der Waals surface area contributed by atoms with Gasteiger partial charge in [-0.15, -0.1) is 11.8 Å². The quantitative estimate of drug-likeness (QED) is 0.731. The highest BCUT2D eigenvalue weighted by molar-refractivity contribution is 8.00. The van der Waals surface area contributed by atoms with Gasteiger partial charge in [0.15, 0.2) is 0 Å². The van der Waals surface area contributed by atoms with E-state index in [2.05, 4.69) is 0 Å². The summed E-state index contributed by atoms with van der Waals surface area (Å²) in [5.41, 5.74) is 7.36. The average Bonchev–Trinajstić information content (AvgIpc) is 2.72. The van der Waals surface area contributed by atoms with Gasteiger partial charge in [-0.2, -0.15) is 0 Å². The molecule has 6 nitrogen and oxygen atoms in total. The molecule has 2 aliphatic rings. The van der Waals surface area contributed by atoms with Crippen molar-refractivity contribution in [2.45, 2.75) is 37.5 Å². The van der Waals surface area contributed by atoms with Gasteiger partial charge in [-0.3, -0.25) is 19.3 Å². The van der Waals surface area contributed by atoms with Gasteiger partial charge < -0.3 is 10.8 Å². The first-order valence-corrected chi connectivity index (χ1v) is 7.78. The van der Waals surface area contributed by atoms with E-state index in [4.69, 9.17) is 10.8 Å². The molecule has 1 aliphatic carbocycles. The molecule has 7 heteroatoms. The maximum atomic E-state index is 12.3. The van der Waals surface area contributed by atoms with E-state index in [1.807, 2.05) is 19.1 Å². The summed E-state index contributed by atoms with van der Waals surface area (Å²) < 4.78 is 0. The summed E-state index contributed by atoms with van der Waals surface area (Å²) in [6.07, 6.45) is 5.34. The van der Waals surface area contributed by atoms with E-state index in [1.54, 1.807) is 0 Å². The van der Waals surface area contributed by atoms with Gasteiger partial charge in [0.2, 0.25) is 11.8 Å². The van der Waals surface area contributed by atoms with Crippen LogP contribution in [0.4, 0.5) is 0 Å². The first-order chi connectivity index (χ1) is 9.90. The lowest BCUT2D eigenvalue weighted by Crippen LogP contribution is -2.35. The van der Waals surface area contributed by atoms with Crippen molar-refractivity contribution in [3.8, 4) is 0 Å². The Bertz CT molecular complexity index is 541. The van der Waals surface area contributed by atoms with E-state index in [1.165, 1.54) is 10.5 Å². The van der Waals surface area contributed by atoms with Gasteiger partial charge in [0, 0.05) is 17.9 Å². The van der Waals surface area contributed by atoms with Crippen LogP contribution in [0.2, 0.25) is 0 Å². The molecule has 0 aromatic carbocycles. The number of nitrogens with zero attached hydrogens (tertiary/aromatic N) is 1. The molecule has 1 aliphatic heterocycles. The zero-order valence-electron chi connectivity index (χ0n) is 11.7.